The van der Waals surface area contributed by atoms with Gasteiger partial charge in [0.15, 0.2) is 0 Å². The highest BCUT2D eigenvalue weighted by molar-refractivity contribution is 5.79. The van der Waals surface area contributed by atoms with E-state index in [1.807, 2.05) is 42.5 Å². The van der Waals surface area contributed by atoms with Crippen molar-refractivity contribution in [3.05, 3.63) is 60.4 Å². The van der Waals surface area contributed by atoms with E-state index in [0.717, 1.165) is 11.3 Å². The van der Waals surface area contributed by atoms with Gasteiger partial charge in [0.25, 0.3) is 0 Å². The predicted octanol–water partition coefficient (Wildman–Crippen LogP) is 1.67. The molecule has 2 heterocycles. The van der Waals surface area contributed by atoms with Gasteiger partial charge < -0.3 is 14.7 Å². The van der Waals surface area contributed by atoms with Crippen molar-refractivity contribution in [3.63, 3.8) is 0 Å². The summed E-state index contributed by atoms with van der Waals surface area (Å²) in [6.07, 6.45) is 4.22. The Morgan fingerprint density at radius 1 is 1.22 bits per heavy atom. The number of para-hydroxylation sites is 1. The molecule has 1 saturated heterocycles. The first-order chi connectivity index (χ1) is 11.1. The topological polar surface area (TPSA) is 62.7 Å². The van der Waals surface area contributed by atoms with Crippen molar-refractivity contribution in [2.24, 2.45) is 0 Å². The van der Waals surface area contributed by atoms with Gasteiger partial charge in [-0.1, -0.05) is 18.2 Å². The number of nitrogens with zero attached hydrogens (tertiary/aromatic N) is 2. The molecule has 0 saturated carbocycles. The van der Waals surface area contributed by atoms with Crippen LogP contribution in [0, 0.1) is 0 Å². The lowest BCUT2D eigenvalue weighted by atomic mass is 10.1. The summed E-state index contributed by atoms with van der Waals surface area (Å²) in [6, 6.07) is 13.1. The van der Waals surface area contributed by atoms with Crippen LogP contribution in [0.15, 0.2) is 54.9 Å². The first-order valence-electron chi connectivity index (χ1n) is 7.72. The van der Waals surface area contributed by atoms with E-state index in [2.05, 4.69) is 4.98 Å². The molecule has 1 fully saturated rings. The molecule has 1 aromatic carbocycles. The predicted molar refractivity (Wildman–Crippen MR) is 86.0 cm³/mol. The van der Waals surface area contributed by atoms with Gasteiger partial charge in [0.1, 0.15) is 18.0 Å². The Morgan fingerprint density at radius 3 is 2.70 bits per heavy atom. The summed E-state index contributed by atoms with van der Waals surface area (Å²) < 4.78 is 5.64. The maximum Gasteiger partial charge on any atom is 0.227 e. The second-order valence-corrected chi connectivity index (χ2v) is 5.92. The number of ether oxygens (including phenoxy) is 1. The first-order valence-corrected chi connectivity index (χ1v) is 7.72. The highest BCUT2D eigenvalue weighted by Crippen LogP contribution is 2.23. The van der Waals surface area contributed by atoms with Crippen LogP contribution >= 0.6 is 0 Å². The summed E-state index contributed by atoms with van der Waals surface area (Å²) in [7, 11) is 0. The van der Waals surface area contributed by atoms with Gasteiger partial charge in [-0.15, -0.1) is 0 Å². The number of hydrogen-bond donors (Lipinski definition) is 1. The molecule has 1 atom stereocenters. The van der Waals surface area contributed by atoms with E-state index < -0.39 is 5.60 Å². The Hall–Kier alpha value is -2.40. The zero-order valence-corrected chi connectivity index (χ0v) is 12.9. The molecule has 3 rings (SSSR count). The Morgan fingerprint density at radius 2 is 1.96 bits per heavy atom. The number of benzene rings is 1. The van der Waals surface area contributed by atoms with Crippen molar-refractivity contribution in [2.75, 3.05) is 19.7 Å². The molecule has 0 aliphatic carbocycles. The third kappa shape index (κ3) is 4.07. The summed E-state index contributed by atoms with van der Waals surface area (Å²) in [4.78, 5) is 18.0. The maximum absolute atomic E-state index is 12.3. The fourth-order valence-electron chi connectivity index (χ4n) is 2.71. The number of aromatic nitrogens is 1. The molecule has 1 aromatic heterocycles. The molecule has 0 bridgehead atoms. The molecule has 5 nitrogen and oxygen atoms in total. The molecule has 0 radical (unpaired) electrons. The number of carbonyl (C=O) groups excluding carboxylic acids is 1. The lowest BCUT2D eigenvalue weighted by Gasteiger charge is -2.23. The second kappa shape index (κ2) is 6.79. The summed E-state index contributed by atoms with van der Waals surface area (Å²) in [5.41, 5.74) is -0.0509. The van der Waals surface area contributed by atoms with E-state index in [1.54, 1.807) is 17.3 Å². The van der Waals surface area contributed by atoms with Crippen molar-refractivity contribution in [1.29, 1.82) is 0 Å². The van der Waals surface area contributed by atoms with Crippen LogP contribution in [-0.4, -0.2) is 46.2 Å². The minimum Gasteiger partial charge on any atom is -0.491 e. The van der Waals surface area contributed by atoms with E-state index in [-0.39, 0.29) is 12.5 Å². The molecule has 23 heavy (non-hydrogen) atoms. The molecule has 2 aromatic rings. The van der Waals surface area contributed by atoms with Crippen LogP contribution in [0.1, 0.15) is 12.0 Å². The van der Waals surface area contributed by atoms with Gasteiger partial charge in [-0.2, -0.15) is 0 Å². The second-order valence-electron chi connectivity index (χ2n) is 5.92. The largest absolute Gasteiger partial charge is 0.491 e. The number of aliphatic hydroxyl groups is 1. The standard InChI is InChI=1S/C18H20N2O3/c21-17(12-15-6-9-19-10-7-15)20-11-8-18(22,13-20)14-23-16-4-2-1-3-5-16/h1-7,9-10,22H,8,11-14H2/t18-/m1/s1. The van der Waals surface area contributed by atoms with Gasteiger partial charge in [0.2, 0.25) is 5.91 Å². The van der Waals surface area contributed by atoms with Crippen LogP contribution < -0.4 is 4.74 Å². The van der Waals surface area contributed by atoms with E-state index in [4.69, 9.17) is 4.74 Å². The molecule has 0 unspecified atom stereocenters. The van der Waals surface area contributed by atoms with Gasteiger partial charge in [-0.05, 0) is 36.2 Å². The first kappa shape index (κ1) is 15.5. The van der Waals surface area contributed by atoms with Crippen molar-refractivity contribution >= 4 is 5.91 Å². The molecule has 0 spiro atoms. The van der Waals surface area contributed by atoms with Gasteiger partial charge in [-0.25, -0.2) is 0 Å². The van der Waals surface area contributed by atoms with Crippen LogP contribution in [0.2, 0.25) is 0 Å². The summed E-state index contributed by atoms with van der Waals surface area (Å²) in [5, 5.41) is 10.6. The van der Waals surface area contributed by atoms with Crippen molar-refractivity contribution in [1.82, 2.24) is 9.88 Å². The fraction of sp³-hybridized carbons (Fsp3) is 0.333. The molecule has 5 heteroatoms. The molecular weight excluding hydrogens is 292 g/mol. The minimum absolute atomic E-state index is 0.0202. The molecule has 1 amide bonds. The highest BCUT2D eigenvalue weighted by atomic mass is 16.5. The lowest BCUT2D eigenvalue weighted by molar-refractivity contribution is -0.130. The van der Waals surface area contributed by atoms with E-state index >= 15 is 0 Å². The normalized spacial score (nSPS) is 20.5. The Kier molecular flexibility index (Phi) is 4.57. The molecule has 1 aliphatic rings. The third-order valence-electron chi connectivity index (χ3n) is 4.04. The van der Waals surface area contributed by atoms with Crippen LogP contribution in [0.3, 0.4) is 0 Å². The van der Waals surface area contributed by atoms with Gasteiger partial charge in [0, 0.05) is 18.9 Å². The number of β-amino-alcohol motifs (C(OH)–C–C–N with tert-alkyl or cyclic N) is 1. The smallest absolute Gasteiger partial charge is 0.227 e. The number of likely N-dealkylation sites (tertiary alicyclic amines) is 1. The molecule has 1 N–H and O–H groups in total. The highest BCUT2D eigenvalue weighted by Gasteiger charge is 2.38. The summed E-state index contributed by atoms with van der Waals surface area (Å²) in [6.45, 7) is 1.05. The number of pyridine rings is 1. The Labute approximate surface area is 135 Å². The SMILES string of the molecule is O=C(Cc1ccncc1)N1CC[C@](O)(COc2ccccc2)C1. The van der Waals surface area contributed by atoms with Gasteiger partial charge in [-0.3, -0.25) is 9.78 Å². The zero-order valence-electron chi connectivity index (χ0n) is 12.9. The van der Waals surface area contributed by atoms with Crippen LogP contribution in [0.4, 0.5) is 0 Å². The summed E-state index contributed by atoms with van der Waals surface area (Å²) >= 11 is 0. The monoisotopic (exact) mass is 312 g/mol. The molecule has 1 aliphatic heterocycles. The summed E-state index contributed by atoms with van der Waals surface area (Å²) in [5.74, 6) is 0.745. The van der Waals surface area contributed by atoms with E-state index in [1.165, 1.54) is 0 Å². The third-order valence-corrected chi connectivity index (χ3v) is 4.04. The molecular formula is C18H20N2O3. The van der Waals surface area contributed by atoms with Crippen molar-refractivity contribution < 1.29 is 14.6 Å². The minimum atomic E-state index is -0.982. The zero-order chi connectivity index (χ0) is 16.1. The lowest BCUT2D eigenvalue weighted by Crippen LogP contribution is -2.41. The van der Waals surface area contributed by atoms with Crippen molar-refractivity contribution in [2.45, 2.75) is 18.4 Å². The number of carbonyl (C=O) groups is 1. The maximum atomic E-state index is 12.3. The van der Waals surface area contributed by atoms with E-state index in [0.29, 0.717) is 25.9 Å². The molecule has 120 valence electrons. The number of amides is 1. The number of hydrogen-bond acceptors (Lipinski definition) is 4. The quantitative estimate of drug-likeness (QED) is 0.912. The number of rotatable bonds is 5. The van der Waals surface area contributed by atoms with E-state index in [9.17, 15) is 9.90 Å². The average Bonchev–Trinajstić information content (AvgIpc) is 2.98. The Balaban J connectivity index is 1.53. The van der Waals surface area contributed by atoms with Gasteiger partial charge in [0.05, 0.1) is 13.0 Å². The van der Waals surface area contributed by atoms with Gasteiger partial charge >= 0.3 is 0 Å². The van der Waals surface area contributed by atoms with Crippen molar-refractivity contribution in [3.8, 4) is 5.75 Å². The average molecular weight is 312 g/mol. The van der Waals surface area contributed by atoms with Crippen LogP contribution in [0.25, 0.3) is 0 Å². The van der Waals surface area contributed by atoms with Crippen LogP contribution in [-0.2, 0) is 11.2 Å². The Bertz CT molecular complexity index is 648. The van der Waals surface area contributed by atoms with Crippen LogP contribution in [0.5, 0.6) is 5.75 Å². The fourth-order valence-corrected chi connectivity index (χ4v) is 2.71.